The van der Waals surface area contributed by atoms with Crippen molar-refractivity contribution in [1.29, 1.82) is 0 Å². The molecular weight excluding hydrogens is 608 g/mol. The standard InChI is InChI=1S/C43H38N2O4/c1-3-48-38(46)21-23-42(32-17-9-7-15-30(32)40-34(42)25-28-13-5-11-19-36(28)44-40)27-43(24-22-39(47)49-4-2)33-18-10-8-16-31(33)41-35(43)26-29-14-6-12-20-37(29)45-41/h5-20,25-26H,3-4,21-24,27H2,1-2H3. The summed E-state index contributed by atoms with van der Waals surface area (Å²) in [6.45, 7) is 4.35. The molecule has 244 valence electrons. The molecule has 2 unspecified atom stereocenters. The lowest BCUT2D eigenvalue weighted by atomic mass is 9.60. The molecule has 0 radical (unpaired) electrons. The van der Waals surface area contributed by atoms with Gasteiger partial charge in [-0.25, -0.2) is 9.97 Å². The predicted molar refractivity (Wildman–Crippen MR) is 192 cm³/mol. The zero-order valence-corrected chi connectivity index (χ0v) is 27.9. The number of ether oxygens (including phenoxy) is 2. The molecule has 0 bridgehead atoms. The lowest BCUT2D eigenvalue weighted by molar-refractivity contribution is -0.144. The lowest BCUT2D eigenvalue weighted by Gasteiger charge is -2.42. The second-order valence-corrected chi connectivity index (χ2v) is 13.2. The fraction of sp³-hybridized carbons (Fsp3) is 0.256. The van der Waals surface area contributed by atoms with E-state index in [1.807, 2.05) is 38.1 Å². The maximum Gasteiger partial charge on any atom is 0.305 e. The van der Waals surface area contributed by atoms with Gasteiger partial charge in [-0.1, -0.05) is 84.9 Å². The molecule has 6 aromatic rings. The summed E-state index contributed by atoms with van der Waals surface area (Å²) in [6, 6.07) is 38.0. The summed E-state index contributed by atoms with van der Waals surface area (Å²) < 4.78 is 11.1. The summed E-state index contributed by atoms with van der Waals surface area (Å²) in [5.74, 6) is -0.441. The van der Waals surface area contributed by atoms with E-state index in [9.17, 15) is 9.59 Å². The maximum atomic E-state index is 13.2. The van der Waals surface area contributed by atoms with Crippen LogP contribution >= 0.6 is 0 Å². The Balaban J connectivity index is 1.42. The molecule has 2 aromatic heterocycles. The number of carbonyl (C=O) groups is 2. The number of hydrogen-bond donors (Lipinski definition) is 0. The molecular formula is C43H38N2O4. The van der Waals surface area contributed by atoms with E-state index in [4.69, 9.17) is 19.4 Å². The molecule has 6 nitrogen and oxygen atoms in total. The van der Waals surface area contributed by atoms with Crippen molar-refractivity contribution in [3.63, 3.8) is 0 Å². The second-order valence-electron chi connectivity index (χ2n) is 13.2. The summed E-state index contributed by atoms with van der Waals surface area (Å²) in [5, 5.41) is 2.10. The van der Waals surface area contributed by atoms with Crippen molar-refractivity contribution in [2.24, 2.45) is 0 Å². The van der Waals surface area contributed by atoms with E-state index in [0.717, 1.165) is 66.6 Å². The number of para-hydroxylation sites is 2. The average Bonchev–Trinajstić information content (AvgIpc) is 3.54. The number of aromatic nitrogens is 2. The van der Waals surface area contributed by atoms with Crippen molar-refractivity contribution < 1.29 is 19.1 Å². The number of esters is 2. The van der Waals surface area contributed by atoms with Crippen molar-refractivity contribution in [2.75, 3.05) is 13.2 Å². The van der Waals surface area contributed by atoms with Gasteiger partial charge in [0.25, 0.3) is 0 Å². The fourth-order valence-electron chi connectivity index (χ4n) is 8.58. The van der Waals surface area contributed by atoms with Gasteiger partial charge >= 0.3 is 11.9 Å². The normalized spacial score (nSPS) is 18.5. The SMILES string of the molecule is CCOC(=O)CCC1(CC2(CCC(=O)OCC)c3ccccc3-c3nc4ccccc4cc32)c2ccccc2-c2nc3ccccc3cc21. The minimum atomic E-state index is -0.634. The van der Waals surface area contributed by atoms with Crippen LogP contribution in [0.25, 0.3) is 44.3 Å². The van der Waals surface area contributed by atoms with Crippen molar-refractivity contribution in [2.45, 2.75) is 56.8 Å². The van der Waals surface area contributed by atoms with E-state index in [0.29, 0.717) is 32.5 Å². The Labute approximate surface area is 286 Å². The highest BCUT2D eigenvalue weighted by atomic mass is 16.5. The van der Waals surface area contributed by atoms with E-state index < -0.39 is 10.8 Å². The van der Waals surface area contributed by atoms with Gasteiger partial charge in [0.05, 0.1) is 35.6 Å². The third-order valence-electron chi connectivity index (χ3n) is 10.6. The summed E-state index contributed by atoms with van der Waals surface area (Å²) in [7, 11) is 0. The number of carbonyl (C=O) groups excluding carboxylic acids is 2. The topological polar surface area (TPSA) is 78.4 Å². The molecule has 0 saturated heterocycles. The highest BCUT2D eigenvalue weighted by Crippen LogP contribution is 2.62. The van der Waals surface area contributed by atoms with Gasteiger partial charge in [-0.05, 0) is 79.6 Å². The molecule has 2 aliphatic carbocycles. The van der Waals surface area contributed by atoms with Gasteiger partial charge in [0.15, 0.2) is 0 Å². The van der Waals surface area contributed by atoms with Crippen LogP contribution in [0.5, 0.6) is 0 Å². The number of benzene rings is 4. The monoisotopic (exact) mass is 646 g/mol. The Kier molecular flexibility index (Phi) is 7.74. The molecule has 2 aliphatic rings. The first-order chi connectivity index (χ1) is 24.0. The van der Waals surface area contributed by atoms with Crippen molar-refractivity contribution in [1.82, 2.24) is 9.97 Å². The first-order valence-electron chi connectivity index (χ1n) is 17.3. The minimum Gasteiger partial charge on any atom is -0.466 e. The number of hydrogen-bond acceptors (Lipinski definition) is 6. The zero-order valence-electron chi connectivity index (χ0n) is 27.9. The molecule has 0 saturated carbocycles. The van der Waals surface area contributed by atoms with Crippen LogP contribution in [0.15, 0.2) is 109 Å². The van der Waals surface area contributed by atoms with E-state index in [2.05, 4.69) is 84.9 Å². The molecule has 8 rings (SSSR count). The minimum absolute atomic E-state index is 0.220. The quantitative estimate of drug-likeness (QED) is 0.138. The van der Waals surface area contributed by atoms with Crippen molar-refractivity contribution >= 4 is 33.7 Å². The van der Waals surface area contributed by atoms with Gasteiger partial charge in [-0.15, -0.1) is 0 Å². The molecule has 2 heterocycles. The van der Waals surface area contributed by atoms with Crippen LogP contribution < -0.4 is 0 Å². The van der Waals surface area contributed by atoms with Crippen LogP contribution in [0.3, 0.4) is 0 Å². The van der Waals surface area contributed by atoms with Crippen LogP contribution in [0, 0.1) is 0 Å². The van der Waals surface area contributed by atoms with Gasteiger partial charge < -0.3 is 9.47 Å². The molecule has 0 aliphatic heterocycles. The van der Waals surface area contributed by atoms with Gasteiger partial charge in [0, 0.05) is 45.6 Å². The van der Waals surface area contributed by atoms with Crippen molar-refractivity contribution in [3.05, 3.63) is 131 Å². The first kappa shape index (κ1) is 30.9. The van der Waals surface area contributed by atoms with Crippen LogP contribution in [0.1, 0.15) is 68.2 Å². The Bertz CT molecular complexity index is 2100. The van der Waals surface area contributed by atoms with E-state index in [-0.39, 0.29) is 24.8 Å². The number of fused-ring (bicyclic) bond motifs is 8. The maximum absolute atomic E-state index is 13.2. The Morgan fingerprint density at radius 2 is 0.959 bits per heavy atom. The Hall–Kier alpha value is -5.36. The Morgan fingerprint density at radius 3 is 1.41 bits per heavy atom. The van der Waals surface area contributed by atoms with Gasteiger partial charge in [-0.3, -0.25) is 9.59 Å². The third kappa shape index (κ3) is 5.00. The van der Waals surface area contributed by atoms with Gasteiger partial charge in [0.2, 0.25) is 0 Å². The van der Waals surface area contributed by atoms with Crippen LogP contribution in [-0.4, -0.2) is 35.1 Å². The van der Waals surface area contributed by atoms with Crippen LogP contribution in [0.4, 0.5) is 0 Å². The molecule has 4 aromatic carbocycles. The molecule has 6 heteroatoms. The van der Waals surface area contributed by atoms with Crippen molar-refractivity contribution in [3.8, 4) is 22.5 Å². The largest absolute Gasteiger partial charge is 0.466 e. The average molecular weight is 647 g/mol. The highest BCUT2D eigenvalue weighted by Gasteiger charge is 2.54. The van der Waals surface area contributed by atoms with Crippen LogP contribution in [0.2, 0.25) is 0 Å². The fourth-order valence-corrected chi connectivity index (χ4v) is 8.58. The van der Waals surface area contributed by atoms with E-state index in [1.165, 1.54) is 0 Å². The molecule has 0 N–H and O–H groups in total. The Morgan fingerprint density at radius 1 is 0.551 bits per heavy atom. The number of rotatable bonds is 10. The smallest absolute Gasteiger partial charge is 0.305 e. The molecule has 0 spiro atoms. The summed E-state index contributed by atoms with van der Waals surface area (Å²) >= 11 is 0. The molecule has 49 heavy (non-hydrogen) atoms. The van der Waals surface area contributed by atoms with E-state index in [1.54, 1.807) is 0 Å². The number of pyridine rings is 2. The van der Waals surface area contributed by atoms with Gasteiger partial charge in [-0.2, -0.15) is 0 Å². The number of nitrogens with zero attached hydrogens (tertiary/aromatic N) is 2. The zero-order chi connectivity index (χ0) is 33.6. The summed E-state index contributed by atoms with van der Waals surface area (Å²) in [4.78, 5) is 37.0. The van der Waals surface area contributed by atoms with Gasteiger partial charge in [0.1, 0.15) is 0 Å². The summed E-state index contributed by atoms with van der Waals surface area (Å²) in [6.07, 6.45) is 2.14. The first-order valence-corrected chi connectivity index (χ1v) is 17.3. The molecule has 2 atom stereocenters. The lowest BCUT2D eigenvalue weighted by Crippen LogP contribution is -2.39. The molecule has 0 amide bonds. The van der Waals surface area contributed by atoms with E-state index >= 15 is 0 Å². The molecule has 0 fully saturated rings. The summed E-state index contributed by atoms with van der Waals surface area (Å²) in [5.41, 5.74) is 9.15. The van der Waals surface area contributed by atoms with Crippen LogP contribution in [-0.2, 0) is 29.9 Å². The highest BCUT2D eigenvalue weighted by molar-refractivity contribution is 5.91. The predicted octanol–water partition coefficient (Wildman–Crippen LogP) is 9.09. The second kappa shape index (κ2) is 12.3. The third-order valence-corrected chi connectivity index (χ3v) is 10.6.